The zero-order valence-corrected chi connectivity index (χ0v) is 7.37. The third-order valence-electron chi connectivity index (χ3n) is 0.647. The van der Waals surface area contributed by atoms with Crippen molar-refractivity contribution < 1.29 is 9.09 Å². The lowest BCUT2D eigenvalue weighted by molar-refractivity contribution is 0.393. The molecule has 56 valence electrons. The van der Waals surface area contributed by atoms with Crippen molar-refractivity contribution >= 4 is 18.1 Å². The summed E-state index contributed by atoms with van der Waals surface area (Å²) >= 11 is 5.34. The minimum absolute atomic E-state index is 0.0771. The predicted octanol–water partition coefficient (Wildman–Crippen LogP) is 1.98. The second kappa shape index (κ2) is 3.57. The molecule has 0 rings (SSSR count). The first-order valence-corrected chi connectivity index (χ1v) is 5.14. The molecule has 0 radical (unpaired) electrons. The standard InChI is InChI=1S/C4H11ClNO2P/c1-4(2)6-9(5,7)8-3/h4H,1-3H3,(H,6,7). The Kier molecular flexibility index (Phi) is 3.74. The molecule has 1 atom stereocenters. The Labute approximate surface area is 60.0 Å². The van der Waals surface area contributed by atoms with Gasteiger partial charge in [-0.1, -0.05) is 0 Å². The van der Waals surface area contributed by atoms with Gasteiger partial charge < -0.3 is 4.52 Å². The van der Waals surface area contributed by atoms with Crippen LogP contribution in [-0.4, -0.2) is 13.2 Å². The van der Waals surface area contributed by atoms with E-state index in [1.165, 1.54) is 7.11 Å². The number of nitrogens with one attached hydrogen (secondary N) is 1. The molecular weight excluding hydrogens is 160 g/mol. The fraction of sp³-hybridized carbons (Fsp3) is 1.00. The van der Waals surface area contributed by atoms with Crippen LogP contribution in [0.2, 0.25) is 0 Å². The van der Waals surface area contributed by atoms with Crippen LogP contribution in [0.15, 0.2) is 0 Å². The van der Waals surface area contributed by atoms with Gasteiger partial charge in [-0.3, -0.25) is 4.57 Å². The lowest BCUT2D eigenvalue weighted by atomic mass is 10.4. The van der Waals surface area contributed by atoms with Crippen LogP contribution < -0.4 is 5.09 Å². The van der Waals surface area contributed by atoms with E-state index >= 15 is 0 Å². The van der Waals surface area contributed by atoms with E-state index in [1.54, 1.807) is 0 Å². The SMILES string of the molecule is COP(=O)(Cl)NC(C)C. The summed E-state index contributed by atoms with van der Waals surface area (Å²) in [7, 11) is 1.31. The van der Waals surface area contributed by atoms with E-state index in [2.05, 4.69) is 9.61 Å². The van der Waals surface area contributed by atoms with Gasteiger partial charge >= 0.3 is 6.87 Å². The van der Waals surface area contributed by atoms with Crippen LogP contribution in [0.3, 0.4) is 0 Å². The van der Waals surface area contributed by atoms with Crippen LogP contribution in [0.25, 0.3) is 0 Å². The minimum Gasteiger partial charge on any atom is -0.310 e. The highest BCUT2D eigenvalue weighted by molar-refractivity contribution is 7.83. The van der Waals surface area contributed by atoms with Gasteiger partial charge in [0.2, 0.25) is 0 Å². The zero-order valence-electron chi connectivity index (χ0n) is 5.72. The van der Waals surface area contributed by atoms with Crippen molar-refractivity contribution in [3.05, 3.63) is 0 Å². The maximum atomic E-state index is 10.8. The lowest BCUT2D eigenvalue weighted by Gasteiger charge is -2.11. The van der Waals surface area contributed by atoms with Gasteiger partial charge in [-0.05, 0) is 25.1 Å². The van der Waals surface area contributed by atoms with Gasteiger partial charge in [0.1, 0.15) is 0 Å². The normalized spacial score (nSPS) is 17.9. The summed E-state index contributed by atoms with van der Waals surface area (Å²) in [5, 5.41) is 2.57. The van der Waals surface area contributed by atoms with E-state index in [-0.39, 0.29) is 6.04 Å². The van der Waals surface area contributed by atoms with Crippen LogP contribution >= 0.6 is 18.1 Å². The highest BCUT2D eigenvalue weighted by Crippen LogP contribution is 2.47. The first-order valence-electron chi connectivity index (χ1n) is 2.61. The fourth-order valence-electron chi connectivity index (χ4n) is 0.361. The Hall–Kier alpha value is 0.440. The van der Waals surface area contributed by atoms with Gasteiger partial charge in [-0.2, -0.15) is 0 Å². The maximum absolute atomic E-state index is 10.8. The van der Waals surface area contributed by atoms with Crippen molar-refractivity contribution in [2.24, 2.45) is 0 Å². The molecule has 1 unspecified atom stereocenters. The lowest BCUT2D eigenvalue weighted by Crippen LogP contribution is -2.17. The second-order valence-electron chi connectivity index (χ2n) is 1.95. The zero-order chi connectivity index (χ0) is 7.49. The number of hydrogen-bond acceptors (Lipinski definition) is 2. The summed E-state index contributed by atoms with van der Waals surface area (Å²) < 4.78 is 15.3. The molecule has 5 heteroatoms. The first-order chi connectivity index (χ1) is 3.98. The third kappa shape index (κ3) is 4.91. The van der Waals surface area contributed by atoms with E-state index < -0.39 is 6.87 Å². The van der Waals surface area contributed by atoms with Crippen LogP contribution in [0.4, 0.5) is 0 Å². The second-order valence-corrected chi connectivity index (χ2v) is 4.86. The highest BCUT2D eigenvalue weighted by atomic mass is 35.7. The van der Waals surface area contributed by atoms with E-state index in [4.69, 9.17) is 11.2 Å². The smallest absolute Gasteiger partial charge is 0.310 e. The van der Waals surface area contributed by atoms with E-state index in [0.29, 0.717) is 0 Å². The van der Waals surface area contributed by atoms with Crippen molar-refractivity contribution in [3.8, 4) is 0 Å². The van der Waals surface area contributed by atoms with Crippen molar-refractivity contribution in [2.75, 3.05) is 7.11 Å². The molecule has 0 saturated carbocycles. The molecule has 0 saturated heterocycles. The van der Waals surface area contributed by atoms with Gasteiger partial charge in [0.15, 0.2) is 0 Å². The van der Waals surface area contributed by atoms with Crippen molar-refractivity contribution in [2.45, 2.75) is 19.9 Å². The quantitative estimate of drug-likeness (QED) is 0.660. The number of halogens is 1. The molecule has 0 aliphatic carbocycles. The van der Waals surface area contributed by atoms with Crippen LogP contribution in [0.1, 0.15) is 13.8 Å². The molecule has 0 aromatic carbocycles. The Morgan fingerprint density at radius 3 is 2.22 bits per heavy atom. The topological polar surface area (TPSA) is 38.3 Å². The van der Waals surface area contributed by atoms with E-state index in [9.17, 15) is 4.57 Å². The van der Waals surface area contributed by atoms with Gasteiger partial charge in [-0.25, -0.2) is 5.09 Å². The Balaban J connectivity index is 3.73. The molecule has 0 aromatic rings. The summed E-state index contributed by atoms with van der Waals surface area (Å²) in [5.41, 5.74) is 0. The average molecular weight is 172 g/mol. The Morgan fingerprint density at radius 2 is 2.11 bits per heavy atom. The van der Waals surface area contributed by atoms with Gasteiger partial charge in [0.25, 0.3) is 0 Å². The summed E-state index contributed by atoms with van der Waals surface area (Å²) in [6.07, 6.45) is 0. The van der Waals surface area contributed by atoms with Crippen LogP contribution in [0.5, 0.6) is 0 Å². The predicted molar refractivity (Wildman–Crippen MR) is 38.7 cm³/mol. The number of hydrogen-bond donors (Lipinski definition) is 1. The van der Waals surface area contributed by atoms with Gasteiger partial charge in [0, 0.05) is 13.2 Å². The summed E-state index contributed by atoms with van der Waals surface area (Å²) in [5.74, 6) is 0. The maximum Gasteiger partial charge on any atom is 0.360 e. The molecule has 0 heterocycles. The Morgan fingerprint density at radius 1 is 1.67 bits per heavy atom. The Bertz CT molecular complexity index is 128. The molecule has 0 aliphatic rings. The minimum atomic E-state index is -3.01. The van der Waals surface area contributed by atoms with E-state index in [0.717, 1.165) is 0 Å². The monoisotopic (exact) mass is 171 g/mol. The molecule has 0 aliphatic heterocycles. The van der Waals surface area contributed by atoms with Crippen molar-refractivity contribution in [3.63, 3.8) is 0 Å². The van der Waals surface area contributed by atoms with Gasteiger partial charge in [0.05, 0.1) is 0 Å². The van der Waals surface area contributed by atoms with Crippen molar-refractivity contribution in [1.82, 2.24) is 5.09 Å². The van der Waals surface area contributed by atoms with Crippen molar-refractivity contribution in [1.29, 1.82) is 0 Å². The molecule has 0 amide bonds. The third-order valence-corrected chi connectivity index (χ3v) is 2.65. The molecule has 3 nitrogen and oxygen atoms in total. The molecule has 0 aromatic heterocycles. The molecule has 0 spiro atoms. The first kappa shape index (κ1) is 9.44. The molecule has 9 heavy (non-hydrogen) atoms. The summed E-state index contributed by atoms with van der Waals surface area (Å²) in [4.78, 5) is 0. The van der Waals surface area contributed by atoms with E-state index in [1.807, 2.05) is 13.8 Å². The molecule has 0 fully saturated rings. The van der Waals surface area contributed by atoms with Gasteiger partial charge in [-0.15, -0.1) is 0 Å². The molecular formula is C4H11ClNO2P. The summed E-state index contributed by atoms with van der Waals surface area (Å²) in [6.45, 7) is 0.675. The van der Waals surface area contributed by atoms with Crippen LogP contribution in [-0.2, 0) is 9.09 Å². The average Bonchev–Trinajstić information content (AvgIpc) is 1.63. The number of rotatable bonds is 3. The summed E-state index contributed by atoms with van der Waals surface area (Å²) in [6, 6.07) is 0.0771. The largest absolute Gasteiger partial charge is 0.360 e. The molecule has 1 N–H and O–H groups in total. The fourth-order valence-corrected chi connectivity index (χ4v) is 1.67. The molecule has 0 bridgehead atoms. The van der Waals surface area contributed by atoms with Crippen LogP contribution in [0, 0.1) is 0 Å². The highest BCUT2D eigenvalue weighted by Gasteiger charge is 2.16.